The van der Waals surface area contributed by atoms with Gasteiger partial charge in [0, 0.05) is 17.8 Å². The van der Waals surface area contributed by atoms with E-state index in [1.165, 1.54) is 0 Å². The quantitative estimate of drug-likeness (QED) is 0.661. The van der Waals surface area contributed by atoms with E-state index in [9.17, 15) is 0 Å². The van der Waals surface area contributed by atoms with Crippen LogP contribution in [0.3, 0.4) is 0 Å². The van der Waals surface area contributed by atoms with Crippen molar-refractivity contribution in [2.75, 3.05) is 0 Å². The lowest BCUT2D eigenvalue weighted by atomic mass is 10.2. The third-order valence-electron chi connectivity index (χ3n) is 1.78. The lowest BCUT2D eigenvalue weighted by molar-refractivity contribution is 1.20. The fourth-order valence-corrected chi connectivity index (χ4v) is 1.37. The molecule has 2 rings (SSSR count). The number of fused-ring (bicyclic) bond motifs is 1. The second kappa shape index (κ2) is 4.91. The standard InChI is InChI=1S/C9H7ClN2.C2H6/c1-6-9-7(3-2-4-11-9)8(10)5-12-6;1-2/h2-5H,1H3;1-2H3. The third kappa shape index (κ3) is 2.02. The van der Waals surface area contributed by atoms with Gasteiger partial charge >= 0.3 is 0 Å². The number of halogens is 1. The molecule has 0 unspecified atom stereocenters. The molecule has 0 spiro atoms. The number of nitrogens with zero attached hydrogens (tertiary/aromatic N) is 2. The largest absolute Gasteiger partial charge is 0.258 e. The summed E-state index contributed by atoms with van der Waals surface area (Å²) in [6, 6.07) is 3.81. The Labute approximate surface area is 89.0 Å². The Morgan fingerprint density at radius 1 is 1.21 bits per heavy atom. The van der Waals surface area contributed by atoms with Crippen molar-refractivity contribution < 1.29 is 0 Å². The number of hydrogen-bond acceptors (Lipinski definition) is 2. The Morgan fingerprint density at radius 3 is 2.57 bits per heavy atom. The first-order chi connectivity index (χ1) is 6.79. The van der Waals surface area contributed by atoms with Crippen molar-refractivity contribution >= 4 is 22.5 Å². The summed E-state index contributed by atoms with van der Waals surface area (Å²) in [6.07, 6.45) is 3.40. The summed E-state index contributed by atoms with van der Waals surface area (Å²) >= 11 is 5.93. The Balaban J connectivity index is 0.000000461. The Hall–Kier alpha value is -1.15. The summed E-state index contributed by atoms with van der Waals surface area (Å²) in [5.41, 5.74) is 1.79. The van der Waals surface area contributed by atoms with Gasteiger partial charge in [-0.2, -0.15) is 0 Å². The molecular weight excluding hydrogens is 196 g/mol. The minimum absolute atomic E-state index is 0.656. The van der Waals surface area contributed by atoms with E-state index in [-0.39, 0.29) is 0 Å². The van der Waals surface area contributed by atoms with Gasteiger partial charge in [0.15, 0.2) is 0 Å². The van der Waals surface area contributed by atoms with Crippen LogP contribution >= 0.6 is 11.6 Å². The average Bonchev–Trinajstić information content (AvgIpc) is 2.27. The van der Waals surface area contributed by atoms with E-state index in [2.05, 4.69) is 9.97 Å². The topological polar surface area (TPSA) is 25.8 Å². The van der Waals surface area contributed by atoms with Crippen LogP contribution in [0.4, 0.5) is 0 Å². The zero-order chi connectivity index (χ0) is 10.6. The molecule has 0 fully saturated rings. The monoisotopic (exact) mass is 208 g/mol. The number of aryl methyl sites for hydroxylation is 1. The molecular formula is C11H13ClN2. The maximum atomic E-state index is 5.93. The average molecular weight is 209 g/mol. The van der Waals surface area contributed by atoms with E-state index in [0.717, 1.165) is 16.6 Å². The summed E-state index contributed by atoms with van der Waals surface area (Å²) in [6.45, 7) is 5.92. The highest BCUT2D eigenvalue weighted by Crippen LogP contribution is 2.21. The van der Waals surface area contributed by atoms with Gasteiger partial charge in [0.1, 0.15) is 0 Å². The van der Waals surface area contributed by atoms with Crippen LogP contribution in [0.2, 0.25) is 5.02 Å². The molecule has 0 radical (unpaired) electrons. The van der Waals surface area contributed by atoms with E-state index < -0.39 is 0 Å². The van der Waals surface area contributed by atoms with Crippen LogP contribution in [0.1, 0.15) is 19.5 Å². The molecule has 2 nitrogen and oxygen atoms in total. The highest BCUT2D eigenvalue weighted by molar-refractivity contribution is 6.35. The molecule has 0 atom stereocenters. The van der Waals surface area contributed by atoms with Gasteiger partial charge in [-0.1, -0.05) is 25.4 Å². The number of rotatable bonds is 0. The highest BCUT2D eigenvalue weighted by atomic mass is 35.5. The van der Waals surface area contributed by atoms with Gasteiger partial charge in [-0.15, -0.1) is 0 Å². The van der Waals surface area contributed by atoms with Crippen LogP contribution in [0.25, 0.3) is 10.9 Å². The predicted molar refractivity (Wildman–Crippen MR) is 60.6 cm³/mol. The Morgan fingerprint density at radius 2 is 1.93 bits per heavy atom. The molecule has 0 N–H and O–H groups in total. The molecule has 0 aliphatic rings. The molecule has 74 valence electrons. The molecule has 3 heteroatoms. The first-order valence-corrected chi connectivity index (χ1v) is 5.02. The number of aromatic nitrogens is 2. The Bertz CT molecular complexity index is 386. The summed E-state index contributed by atoms with van der Waals surface area (Å²) in [4.78, 5) is 8.31. The third-order valence-corrected chi connectivity index (χ3v) is 2.08. The van der Waals surface area contributed by atoms with Gasteiger partial charge < -0.3 is 0 Å². The number of pyridine rings is 2. The zero-order valence-corrected chi connectivity index (χ0v) is 9.34. The molecule has 2 aromatic rings. The molecule has 0 saturated carbocycles. The van der Waals surface area contributed by atoms with Crippen LogP contribution in [0.15, 0.2) is 24.5 Å². The van der Waals surface area contributed by atoms with E-state index in [4.69, 9.17) is 11.6 Å². The van der Waals surface area contributed by atoms with Crippen LogP contribution in [-0.4, -0.2) is 9.97 Å². The van der Waals surface area contributed by atoms with Crippen molar-refractivity contribution in [3.8, 4) is 0 Å². The lowest BCUT2D eigenvalue weighted by Gasteiger charge is -2.00. The van der Waals surface area contributed by atoms with E-state index in [0.29, 0.717) is 5.02 Å². The summed E-state index contributed by atoms with van der Waals surface area (Å²) in [5, 5.41) is 1.62. The fraction of sp³-hybridized carbons (Fsp3) is 0.273. The van der Waals surface area contributed by atoms with Crippen molar-refractivity contribution in [3.05, 3.63) is 35.2 Å². The normalized spacial score (nSPS) is 9.43. The maximum Gasteiger partial charge on any atom is 0.0929 e. The van der Waals surface area contributed by atoms with Gasteiger partial charge in [0.05, 0.1) is 16.2 Å². The van der Waals surface area contributed by atoms with Gasteiger partial charge in [-0.3, -0.25) is 9.97 Å². The molecule has 0 aliphatic heterocycles. The van der Waals surface area contributed by atoms with E-state index in [1.807, 2.05) is 32.9 Å². The molecule has 0 aliphatic carbocycles. The van der Waals surface area contributed by atoms with Gasteiger partial charge in [-0.25, -0.2) is 0 Å². The van der Waals surface area contributed by atoms with Gasteiger partial charge in [-0.05, 0) is 19.1 Å². The van der Waals surface area contributed by atoms with Crippen molar-refractivity contribution in [1.82, 2.24) is 9.97 Å². The van der Waals surface area contributed by atoms with Crippen molar-refractivity contribution in [2.45, 2.75) is 20.8 Å². The first kappa shape index (κ1) is 10.9. The highest BCUT2D eigenvalue weighted by Gasteiger charge is 2.01. The van der Waals surface area contributed by atoms with E-state index in [1.54, 1.807) is 12.4 Å². The van der Waals surface area contributed by atoms with Gasteiger partial charge in [0.25, 0.3) is 0 Å². The summed E-state index contributed by atoms with van der Waals surface area (Å²) in [5.74, 6) is 0. The SMILES string of the molecule is CC.Cc1ncc(Cl)c2cccnc12. The molecule has 0 bridgehead atoms. The van der Waals surface area contributed by atoms with Crippen molar-refractivity contribution in [1.29, 1.82) is 0 Å². The smallest absolute Gasteiger partial charge is 0.0929 e. The fourth-order valence-electron chi connectivity index (χ4n) is 1.17. The minimum Gasteiger partial charge on any atom is -0.258 e. The molecule has 2 heterocycles. The molecule has 0 aromatic carbocycles. The van der Waals surface area contributed by atoms with Gasteiger partial charge in [0.2, 0.25) is 0 Å². The van der Waals surface area contributed by atoms with Crippen LogP contribution in [0.5, 0.6) is 0 Å². The minimum atomic E-state index is 0.656. The maximum absolute atomic E-state index is 5.93. The van der Waals surface area contributed by atoms with Crippen LogP contribution in [-0.2, 0) is 0 Å². The molecule has 0 amide bonds. The number of hydrogen-bond donors (Lipinski definition) is 0. The summed E-state index contributed by atoms with van der Waals surface area (Å²) < 4.78 is 0. The Kier molecular flexibility index (Phi) is 3.84. The molecule has 2 aromatic heterocycles. The summed E-state index contributed by atoms with van der Waals surface area (Å²) in [7, 11) is 0. The molecule has 14 heavy (non-hydrogen) atoms. The van der Waals surface area contributed by atoms with Crippen LogP contribution < -0.4 is 0 Å². The lowest BCUT2D eigenvalue weighted by Crippen LogP contribution is -1.86. The second-order valence-corrected chi connectivity index (χ2v) is 3.00. The predicted octanol–water partition coefficient (Wildman–Crippen LogP) is 3.62. The van der Waals surface area contributed by atoms with Crippen molar-refractivity contribution in [2.24, 2.45) is 0 Å². The van der Waals surface area contributed by atoms with E-state index >= 15 is 0 Å². The zero-order valence-electron chi connectivity index (χ0n) is 8.58. The second-order valence-electron chi connectivity index (χ2n) is 2.59. The first-order valence-electron chi connectivity index (χ1n) is 4.65. The van der Waals surface area contributed by atoms with Crippen molar-refractivity contribution in [3.63, 3.8) is 0 Å². The molecule has 0 saturated heterocycles. The van der Waals surface area contributed by atoms with Crippen LogP contribution in [0, 0.1) is 6.92 Å².